The van der Waals surface area contributed by atoms with Crippen molar-refractivity contribution in [1.82, 2.24) is 14.9 Å². The van der Waals surface area contributed by atoms with Gasteiger partial charge in [0.15, 0.2) is 5.82 Å². The van der Waals surface area contributed by atoms with E-state index >= 15 is 0 Å². The van der Waals surface area contributed by atoms with E-state index in [4.69, 9.17) is 26.4 Å². The molecule has 10 nitrogen and oxygen atoms in total. The standard InChI is InChI=1S/C17H21N5O5S/c1-3-25-14-9-15(26-4-2)12(22(23)24)8-11(14)10-18-21-16(19-20-17(21)28)13-6-5-7-27-13/h8-10,13H,3-7H2,1-2H3,(H,20,28)/b18-10-. The van der Waals surface area contributed by atoms with E-state index in [0.717, 1.165) is 12.8 Å². The topological polar surface area (TPSA) is 117 Å². The molecule has 2 aromatic rings. The van der Waals surface area contributed by atoms with Crippen LogP contribution in [0.15, 0.2) is 17.2 Å². The Morgan fingerprint density at radius 3 is 2.82 bits per heavy atom. The lowest BCUT2D eigenvalue weighted by molar-refractivity contribution is -0.385. The third-order valence-corrected chi connectivity index (χ3v) is 4.36. The van der Waals surface area contributed by atoms with Crippen LogP contribution in [-0.2, 0) is 4.74 Å². The third-order valence-electron chi connectivity index (χ3n) is 4.09. The van der Waals surface area contributed by atoms with Crippen molar-refractivity contribution in [1.29, 1.82) is 0 Å². The fraction of sp³-hybridized carbons (Fsp3) is 0.471. The quantitative estimate of drug-likeness (QED) is 0.308. The highest BCUT2D eigenvalue weighted by Gasteiger charge is 2.24. The summed E-state index contributed by atoms with van der Waals surface area (Å²) in [6, 6.07) is 2.87. The highest BCUT2D eigenvalue weighted by atomic mass is 32.1. The lowest BCUT2D eigenvalue weighted by atomic mass is 10.1. The smallest absolute Gasteiger partial charge is 0.311 e. The van der Waals surface area contributed by atoms with Crippen molar-refractivity contribution in [3.05, 3.63) is 38.4 Å². The number of benzene rings is 1. The summed E-state index contributed by atoms with van der Waals surface area (Å²) in [6.45, 7) is 4.93. The SMILES string of the molecule is CCOc1cc(OCC)c([N+](=O)[O-])cc1/C=N\n1c(C2CCCO2)n[nH]c1=S. The maximum absolute atomic E-state index is 11.4. The minimum Gasteiger partial charge on any atom is -0.493 e. The van der Waals surface area contributed by atoms with Gasteiger partial charge in [0.1, 0.15) is 11.9 Å². The lowest BCUT2D eigenvalue weighted by Gasteiger charge is -2.11. The van der Waals surface area contributed by atoms with Crippen LogP contribution in [0.1, 0.15) is 44.2 Å². The summed E-state index contributed by atoms with van der Waals surface area (Å²) in [4.78, 5) is 10.9. The number of nitro benzene ring substituents is 1. The van der Waals surface area contributed by atoms with Gasteiger partial charge in [0.05, 0.1) is 24.4 Å². The van der Waals surface area contributed by atoms with Gasteiger partial charge in [-0.15, -0.1) is 0 Å². The molecule has 150 valence electrons. The second-order valence-electron chi connectivity index (χ2n) is 5.93. The summed E-state index contributed by atoms with van der Waals surface area (Å²) < 4.78 is 18.4. The zero-order valence-electron chi connectivity index (χ0n) is 15.6. The van der Waals surface area contributed by atoms with E-state index in [1.165, 1.54) is 23.0 Å². The number of nitro groups is 1. The van der Waals surface area contributed by atoms with Crippen molar-refractivity contribution in [3.63, 3.8) is 0 Å². The van der Waals surface area contributed by atoms with Crippen molar-refractivity contribution >= 4 is 24.1 Å². The predicted octanol–water partition coefficient (Wildman–Crippen LogP) is 3.38. The Morgan fingerprint density at radius 1 is 1.43 bits per heavy atom. The molecule has 0 radical (unpaired) electrons. The molecule has 1 aromatic carbocycles. The van der Waals surface area contributed by atoms with E-state index in [2.05, 4.69) is 15.3 Å². The minimum atomic E-state index is -0.501. The number of aromatic amines is 1. The average Bonchev–Trinajstić information content (AvgIpc) is 3.31. The number of nitrogens with one attached hydrogen (secondary N) is 1. The number of aromatic nitrogens is 3. The molecule has 1 aromatic heterocycles. The van der Waals surface area contributed by atoms with Gasteiger partial charge in [-0.1, -0.05) is 0 Å². The highest BCUT2D eigenvalue weighted by molar-refractivity contribution is 7.71. The van der Waals surface area contributed by atoms with Gasteiger partial charge in [-0.2, -0.15) is 14.9 Å². The number of hydrogen-bond acceptors (Lipinski definition) is 8. The maximum Gasteiger partial charge on any atom is 0.311 e. The molecule has 2 heterocycles. The molecule has 0 bridgehead atoms. The molecular formula is C17H21N5O5S. The van der Waals surface area contributed by atoms with Crippen LogP contribution in [0.3, 0.4) is 0 Å². The van der Waals surface area contributed by atoms with E-state index < -0.39 is 4.92 Å². The van der Waals surface area contributed by atoms with Gasteiger partial charge in [0.25, 0.3) is 0 Å². The molecule has 1 aliphatic heterocycles. The van der Waals surface area contributed by atoms with E-state index in [1.807, 2.05) is 6.92 Å². The van der Waals surface area contributed by atoms with Crippen LogP contribution in [0.4, 0.5) is 5.69 Å². The highest BCUT2D eigenvalue weighted by Crippen LogP contribution is 2.34. The Kier molecular flexibility index (Phi) is 6.37. The Morgan fingerprint density at radius 2 is 2.18 bits per heavy atom. The first kappa shape index (κ1) is 20.0. The van der Waals surface area contributed by atoms with Crippen LogP contribution in [0.25, 0.3) is 0 Å². The molecule has 0 amide bonds. The fourth-order valence-corrected chi connectivity index (χ4v) is 3.07. The van der Waals surface area contributed by atoms with Gasteiger partial charge < -0.3 is 14.2 Å². The molecule has 1 saturated heterocycles. The van der Waals surface area contributed by atoms with Gasteiger partial charge in [0.2, 0.25) is 10.5 Å². The van der Waals surface area contributed by atoms with Crippen LogP contribution >= 0.6 is 12.2 Å². The monoisotopic (exact) mass is 407 g/mol. The number of nitrogens with zero attached hydrogens (tertiary/aromatic N) is 4. The van der Waals surface area contributed by atoms with E-state index in [-0.39, 0.29) is 17.5 Å². The predicted molar refractivity (Wildman–Crippen MR) is 104 cm³/mol. The van der Waals surface area contributed by atoms with Crippen LogP contribution < -0.4 is 9.47 Å². The van der Waals surface area contributed by atoms with Crippen LogP contribution in [0.2, 0.25) is 0 Å². The fourth-order valence-electron chi connectivity index (χ4n) is 2.89. The average molecular weight is 407 g/mol. The molecule has 3 rings (SSSR count). The zero-order valence-corrected chi connectivity index (χ0v) is 16.4. The summed E-state index contributed by atoms with van der Waals surface area (Å²) >= 11 is 5.25. The van der Waals surface area contributed by atoms with E-state index in [0.29, 0.717) is 41.7 Å². The molecule has 1 unspecified atom stereocenters. The normalized spacial score (nSPS) is 16.6. The Balaban J connectivity index is 2.01. The first-order chi connectivity index (χ1) is 13.5. The molecular weight excluding hydrogens is 386 g/mol. The van der Waals surface area contributed by atoms with Crippen molar-refractivity contribution in [2.45, 2.75) is 32.8 Å². The van der Waals surface area contributed by atoms with E-state index in [9.17, 15) is 10.1 Å². The molecule has 11 heteroatoms. The van der Waals surface area contributed by atoms with Gasteiger partial charge in [0, 0.05) is 24.3 Å². The molecule has 0 saturated carbocycles. The molecule has 0 aliphatic carbocycles. The molecule has 1 N–H and O–H groups in total. The summed E-state index contributed by atoms with van der Waals surface area (Å²) in [5, 5.41) is 22.7. The lowest BCUT2D eigenvalue weighted by Crippen LogP contribution is -2.06. The van der Waals surface area contributed by atoms with Gasteiger partial charge in [-0.25, -0.2) is 0 Å². The van der Waals surface area contributed by atoms with E-state index in [1.54, 1.807) is 6.92 Å². The van der Waals surface area contributed by atoms with Gasteiger partial charge in [-0.05, 0) is 38.9 Å². The molecule has 1 fully saturated rings. The van der Waals surface area contributed by atoms with Crippen molar-refractivity contribution in [3.8, 4) is 11.5 Å². The number of hydrogen-bond donors (Lipinski definition) is 1. The summed E-state index contributed by atoms with van der Waals surface area (Å²) in [6.07, 6.45) is 3.03. The zero-order chi connectivity index (χ0) is 20.1. The number of H-pyrrole nitrogens is 1. The second-order valence-corrected chi connectivity index (χ2v) is 6.31. The second kappa shape index (κ2) is 8.93. The Hall–Kier alpha value is -2.79. The first-order valence-electron chi connectivity index (χ1n) is 8.96. The molecule has 28 heavy (non-hydrogen) atoms. The largest absolute Gasteiger partial charge is 0.493 e. The molecule has 1 aliphatic rings. The summed E-state index contributed by atoms with van der Waals surface area (Å²) in [7, 11) is 0. The number of rotatable bonds is 8. The van der Waals surface area contributed by atoms with Crippen molar-refractivity contribution in [2.24, 2.45) is 5.10 Å². The molecule has 1 atom stereocenters. The van der Waals surface area contributed by atoms with Crippen LogP contribution in [-0.4, -0.2) is 45.8 Å². The van der Waals surface area contributed by atoms with Gasteiger partial charge in [-0.3, -0.25) is 15.2 Å². The Bertz CT molecular complexity index is 933. The summed E-state index contributed by atoms with van der Waals surface area (Å²) in [5.74, 6) is 1.14. The third kappa shape index (κ3) is 4.20. The van der Waals surface area contributed by atoms with Gasteiger partial charge >= 0.3 is 5.69 Å². The Labute approximate surface area is 166 Å². The van der Waals surface area contributed by atoms with Crippen LogP contribution in [0.5, 0.6) is 11.5 Å². The van der Waals surface area contributed by atoms with Crippen molar-refractivity contribution < 1.29 is 19.1 Å². The van der Waals surface area contributed by atoms with Crippen molar-refractivity contribution in [2.75, 3.05) is 19.8 Å². The van der Waals surface area contributed by atoms with Crippen LogP contribution in [0, 0.1) is 14.9 Å². The minimum absolute atomic E-state index is 0.146. The maximum atomic E-state index is 11.4. The molecule has 0 spiro atoms. The number of ether oxygens (including phenoxy) is 3. The first-order valence-corrected chi connectivity index (χ1v) is 9.37. The summed E-state index contributed by atoms with van der Waals surface area (Å²) in [5.41, 5.74) is 0.264.